The van der Waals surface area contributed by atoms with Gasteiger partial charge in [0, 0.05) is 13.0 Å². The Morgan fingerprint density at radius 3 is 2.29 bits per heavy atom. The highest BCUT2D eigenvalue weighted by atomic mass is 35.5. The van der Waals surface area contributed by atoms with Gasteiger partial charge < -0.3 is 10.6 Å². The predicted octanol–water partition coefficient (Wildman–Crippen LogP) is 0.790. The Morgan fingerprint density at radius 1 is 1.21 bits per heavy atom. The van der Waals surface area contributed by atoms with Crippen molar-refractivity contribution in [2.75, 3.05) is 20.1 Å². The second-order valence-electron chi connectivity index (χ2n) is 4.41. The SMILES string of the molecule is CNC(=O)C1CC2CNCC(C2)C1.Cl. The molecule has 1 heterocycles. The lowest BCUT2D eigenvalue weighted by atomic mass is 9.73. The molecule has 2 unspecified atom stereocenters. The second-order valence-corrected chi connectivity index (χ2v) is 4.41. The number of rotatable bonds is 1. The lowest BCUT2D eigenvalue weighted by Gasteiger charge is -2.38. The Labute approximate surface area is 91.4 Å². The van der Waals surface area contributed by atoms with Crippen LogP contribution in [0.15, 0.2) is 0 Å². The van der Waals surface area contributed by atoms with E-state index in [-0.39, 0.29) is 24.2 Å². The maximum absolute atomic E-state index is 11.5. The largest absolute Gasteiger partial charge is 0.359 e. The van der Waals surface area contributed by atoms with Gasteiger partial charge in [0.05, 0.1) is 0 Å². The van der Waals surface area contributed by atoms with Crippen molar-refractivity contribution in [3.63, 3.8) is 0 Å². The molecule has 1 aliphatic heterocycles. The summed E-state index contributed by atoms with van der Waals surface area (Å²) in [7, 11) is 1.74. The van der Waals surface area contributed by atoms with Crippen LogP contribution in [0.5, 0.6) is 0 Å². The highest BCUT2D eigenvalue weighted by molar-refractivity contribution is 5.85. The number of nitrogens with one attached hydrogen (secondary N) is 2. The second kappa shape index (κ2) is 4.99. The van der Waals surface area contributed by atoms with Gasteiger partial charge in [0.2, 0.25) is 5.91 Å². The summed E-state index contributed by atoms with van der Waals surface area (Å²) in [5.41, 5.74) is 0. The average Bonchev–Trinajstić information content (AvgIpc) is 2.16. The first-order valence-electron chi connectivity index (χ1n) is 5.22. The van der Waals surface area contributed by atoms with Crippen LogP contribution < -0.4 is 10.6 Å². The summed E-state index contributed by atoms with van der Waals surface area (Å²) < 4.78 is 0. The van der Waals surface area contributed by atoms with Crippen molar-refractivity contribution in [3.8, 4) is 0 Å². The Kier molecular flexibility index (Phi) is 4.20. The van der Waals surface area contributed by atoms with Gasteiger partial charge in [-0.1, -0.05) is 0 Å². The zero-order valence-corrected chi connectivity index (χ0v) is 9.40. The van der Waals surface area contributed by atoms with Crippen molar-refractivity contribution >= 4 is 18.3 Å². The third-order valence-corrected chi connectivity index (χ3v) is 3.39. The number of carbonyl (C=O) groups excluding carboxylic acids is 1. The molecule has 14 heavy (non-hydrogen) atoms. The zero-order chi connectivity index (χ0) is 9.26. The molecule has 0 aromatic rings. The van der Waals surface area contributed by atoms with Gasteiger partial charge in [-0.3, -0.25) is 4.79 Å². The van der Waals surface area contributed by atoms with Crippen molar-refractivity contribution < 1.29 is 4.79 Å². The molecule has 0 radical (unpaired) electrons. The van der Waals surface area contributed by atoms with Crippen molar-refractivity contribution in [1.29, 1.82) is 0 Å². The normalized spacial score (nSPS) is 35.6. The fourth-order valence-electron chi connectivity index (χ4n) is 2.81. The van der Waals surface area contributed by atoms with Crippen LogP contribution in [-0.4, -0.2) is 26.0 Å². The smallest absolute Gasteiger partial charge is 0.222 e. The molecular formula is C10H19ClN2O. The molecule has 4 heteroatoms. The molecule has 1 aliphatic carbocycles. The lowest BCUT2D eigenvalue weighted by molar-refractivity contribution is -0.126. The first-order valence-corrected chi connectivity index (χ1v) is 5.22. The molecule has 2 N–H and O–H groups in total. The highest BCUT2D eigenvalue weighted by Gasteiger charge is 2.34. The van der Waals surface area contributed by atoms with E-state index in [0.29, 0.717) is 0 Å². The summed E-state index contributed by atoms with van der Waals surface area (Å²) >= 11 is 0. The van der Waals surface area contributed by atoms with E-state index in [0.717, 1.165) is 37.8 Å². The van der Waals surface area contributed by atoms with Crippen LogP contribution in [-0.2, 0) is 4.79 Å². The third kappa shape index (κ3) is 2.39. The van der Waals surface area contributed by atoms with Crippen molar-refractivity contribution in [1.82, 2.24) is 10.6 Å². The van der Waals surface area contributed by atoms with Crippen molar-refractivity contribution in [2.24, 2.45) is 17.8 Å². The molecule has 2 bridgehead atoms. The molecular weight excluding hydrogens is 200 g/mol. The Hall–Kier alpha value is -0.280. The molecule has 2 aliphatic rings. The summed E-state index contributed by atoms with van der Waals surface area (Å²) in [6.45, 7) is 2.23. The number of piperidine rings is 1. The Bertz CT molecular complexity index is 198. The molecule has 2 rings (SSSR count). The topological polar surface area (TPSA) is 41.1 Å². The molecule has 0 aromatic carbocycles. The lowest BCUT2D eigenvalue weighted by Crippen LogP contribution is -2.44. The van der Waals surface area contributed by atoms with Crippen LogP contribution in [0, 0.1) is 17.8 Å². The third-order valence-electron chi connectivity index (χ3n) is 3.39. The molecule has 0 spiro atoms. The number of hydrogen-bond acceptors (Lipinski definition) is 2. The molecule has 2 fully saturated rings. The maximum Gasteiger partial charge on any atom is 0.222 e. The van der Waals surface area contributed by atoms with Gasteiger partial charge in [0.15, 0.2) is 0 Å². The molecule has 82 valence electrons. The minimum atomic E-state index is 0. The fraction of sp³-hybridized carbons (Fsp3) is 0.900. The van der Waals surface area contributed by atoms with E-state index in [2.05, 4.69) is 10.6 Å². The zero-order valence-electron chi connectivity index (χ0n) is 8.58. The van der Waals surface area contributed by atoms with Crippen LogP contribution in [0.25, 0.3) is 0 Å². The summed E-state index contributed by atoms with van der Waals surface area (Å²) in [4.78, 5) is 11.5. The Balaban J connectivity index is 0.000000980. The summed E-state index contributed by atoms with van der Waals surface area (Å²) in [6, 6.07) is 0. The standard InChI is InChI=1S/C10H18N2O.ClH/c1-11-10(13)9-3-7-2-8(4-9)6-12-5-7;/h7-9,12H,2-6H2,1H3,(H,11,13);1H. The van der Waals surface area contributed by atoms with E-state index in [9.17, 15) is 4.79 Å². The minimum absolute atomic E-state index is 0. The van der Waals surface area contributed by atoms with Gasteiger partial charge in [-0.05, 0) is 44.2 Å². The first-order chi connectivity index (χ1) is 6.29. The van der Waals surface area contributed by atoms with Crippen LogP contribution in [0.2, 0.25) is 0 Å². The molecule has 2 atom stereocenters. The van der Waals surface area contributed by atoms with Gasteiger partial charge in [-0.15, -0.1) is 12.4 Å². The average molecular weight is 219 g/mol. The monoisotopic (exact) mass is 218 g/mol. The van der Waals surface area contributed by atoms with Gasteiger partial charge >= 0.3 is 0 Å². The number of fused-ring (bicyclic) bond motifs is 2. The Morgan fingerprint density at radius 2 is 1.79 bits per heavy atom. The van der Waals surface area contributed by atoms with E-state index in [1.807, 2.05) is 0 Å². The number of amides is 1. The summed E-state index contributed by atoms with van der Waals surface area (Å²) in [5, 5.41) is 6.20. The van der Waals surface area contributed by atoms with E-state index >= 15 is 0 Å². The highest BCUT2D eigenvalue weighted by Crippen LogP contribution is 2.35. The number of hydrogen-bond donors (Lipinski definition) is 2. The number of carbonyl (C=O) groups is 1. The van der Waals surface area contributed by atoms with E-state index in [1.54, 1.807) is 7.05 Å². The molecule has 0 aromatic heterocycles. The van der Waals surface area contributed by atoms with E-state index < -0.39 is 0 Å². The first kappa shape index (κ1) is 11.8. The number of halogens is 1. The molecule has 1 saturated heterocycles. The van der Waals surface area contributed by atoms with Crippen LogP contribution >= 0.6 is 12.4 Å². The van der Waals surface area contributed by atoms with Gasteiger partial charge in [0.25, 0.3) is 0 Å². The summed E-state index contributed by atoms with van der Waals surface area (Å²) in [6.07, 6.45) is 3.51. The van der Waals surface area contributed by atoms with Gasteiger partial charge in [-0.2, -0.15) is 0 Å². The van der Waals surface area contributed by atoms with Crippen LogP contribution in [0.1, 0.15) is 19.3 Å². The predicted molar refractivity (Wildman–Crippen MR) is 58.5 cm³/mol. The molecule has 3 nitrogen and oxygen atoms in total. The van der Waals surface area contributed by atoms with Crippen LogP contribution in [0.3, 0.4) is 0 Å². The molecule has 1 saturated carbocycles. The maximum atomic E-state index is 11.5. The quantitative estimate of drug-likeness (QED) is 0.684. The molecule has 1 amide bonds. The summed E-state index contributed by atoms with van der Waals surface area (Å²) in [5.74, 6) is 2.03. The van der Waals surface area contributed by atoms with Crippen molar-refractivity contribution in [2.45, 2.75) is 19.3 Å². The van der Waals surface area contributed by atoms with Crippen molar-refractivity contribution in [3.05, 3.63) is 0 Å². The van der Waals surface area contributed by atoms with E-state index in [4.69, 9.17) is 0 Å². The van der Waals surface area contributed by atoms with E-state index in [1.165, 1.54) is 6.42 Å². The van der Waals surface area contributed by atoms with Gasteiger partial charge in [-0.25, -0.2) is 0 Å². The van der Waals surface area contributed by atoms with Gasteiger partial charge in [0.1, 0.15) is 0 Å². The van der Waals surface area contributed by atoms with Crippen LogP contribution in [0.4, 0.5) is 0 Å². The fourth-order valence-corrected chi connectivity index (χ4v) is 2.81. The minimum Gasteiger partial charge on any atom is -0.359 e.